The Morgan fingerprint density at radius 3 is 0.671 bits per heavy atom. The van der Waals surface area contributed by atoms with Crippen LogP contribution in [0.5, 0.6) is 0 Å². The van der Waals surface area contributed by atoms with Gasteiger partial charge in [0.05, 0.1) is 66.1 Å². The second kappa shape index (κ2) is 30.1. The summed E-state index contributed by atoms with van der Waals surface area (Å²) in [5.74, 6) is 0. The lowest BCUT2D eigenvalue weighted by atomic mass is 9.96. The minimum atomic E-state index is -1.14. The van der Waals surface area contributed by atoms with Gasteiger partial charge < -0.3 is 52.1 Å². The quantitative estimate of drug-likeness (QED) is 0.0469. The Morgan fingerprint density at radius 1 is 0.228 bits per heavy atom. The summed E-state index contributed by atoms with van der Waals surface area (Å²) in [4.78, 5) is 0. The molecule has 0 N–H and O–H groups in total. The predicted octanol–water partition coefficient (Wildman–Crippen LogP) is 12.4. The van der Waals surface area contributed by atoms with Crippen LogP contribution in [0, 0.1) is 0 Å². The zero-order valence-electron chi connectivity index (χ0n) is 44.4. The van der Waals surface area contributed by atoms with Gasteiger partial charge in [0.2, 0.25) is 0 Å². The van der Waals surface area contributed by atoms with Crippen LogP contribution in [-0.4, -0.2) is 74.6 Å². The lowest BCUT2D eigenvalue weighted by Gasteiger charge is -2.49. The SMILES string of the molecule is c1ccc(COCC2O[C@@H](O[C@@H]3OC(COCc4ccccc4)[C@@H](OCc4ccccc4)C(OCc4ccccc4)C3OCc3ccccc3)C(OCc3ccccc3)C(OCc3ccccc3)[C@@H]2OCc2ccccc2)cc1. The topological polar surface area (TPSA) is 102 Å². The lowest BCUT2D eigenvalue weighted by Crippen LogP contribution is -2.66. The standard InChI is InChI=1S/C68H70O11/c1-9-25-51(26-10-1)41-69-49-59-61(71-43-53-29-13-3-14-30-53)63(73-45-55-33-17-5-18-34-55)65(75-47-57-37-21-7-22-38-57)67(77-59)79-68-66(76-48-58-39-23-8-24-40-58)64(74-46-56-35-19-6-20-36-56)62(72-44-54-31-15-4-16-32-54)60(78-68)50-70-42-52-27-11-2-12-28-52/h1-40,59-68H,41-50H2/t59?,60?,61-,62-,63?,64?,65?,66?,67+,68+/m1/s1. The first-order valence-corrected chi connectivity index (χ1v) is 27.3. The Kier molecular flexibility index (Phi) is 21.2. The summed E-state index contributed by atoms with van der Waals surface area (Å²) in [5, 5.41) is 0. The van der Waals surface area contributed by atoms with Gasteiger partial charge in [0, 0.05) is 0 Å². The molecule has 11 heteroatoms. The highest BCUT2D eigenvalue weighted by atomic mass is 16.8. The molecular formula is C68H70O11. The highest BCUT2D eigenvalue weighted by Crippen LogP contribution is 2.37. The lowest BCUT2D eigenvalue weighted by molar-refractivity contribution is -0.394. The molecule has 0 bridgehead atoms. The van der Waals surface area contributed by atoms with Crippen molar-refractivity contribution in [1.82, 2.24) is 0 Å². The van der Waals surface area contributed by atoms with Crippen LogP contribution < -0.4 is 0 Å². The summed E-state index contributed by atoms with van der Waals surface area (Å²) in [6.07, 6.45) is -8.43. The molecule has 79 heavy (non-hydrogen) atoms. The molecule has 2 saturated heterocycles. The van der Waals surface area contributed by atoms with Crippen LogP contribution in [0.4, 0.5) is 0 Å². The largest absolute Gasteiger partial charge is 0.374 e. The first kappa shape index (κ1) is 55.6. The summed E-state index contributed by atoms with van der Waals surface area (Å²) in [5.41, 5.74) is 7.91. The normalized spacial score (nSPS) is 23.0. The zero-order valence-corrected chi connectivity index (χ0v) is 44.4. The van der Waals surface area contributed by atoms with E-state index in [9.17, 15) is 0 Å². The van der Waals surface area contributed by atoms with Crippen LogP contribution in [0.15, 0.2) is 243 Å². The molecule has 0 saturated carbocycles. The van der Waals surface area contributed by atoms with Crippen LogP contribution in [0.1, 0.15) is 44.5 Å². The molecule has 2 aliphatic rings. The van der Waals surface area contributed by atoms with E-state index in [0.717, 1.165) is 44.5 Å². The number of rotatable bonds is 28. The van der Waals surface area contributed by atoms with Gasteiger partial charge in [-0.1, -0.05) is 243 Å². The molecule has 2 heterocycles. The first-order valence-electron chi connectivity index (χ1n) is 27.3. The molecule has 0 aliphatic carbocycles. The van der Waals surface area contributed by atoms with Crippen LogP contribution in [0.3, 0.4) is 0 Å². The molecule has 0 amide bonds. The van der Waals surface area contributed by atoms with Crippen LogP contribution >= 0.6 is 0 Å². The van der Waals surface area contributed by atoms with Crippen molar-refractivity contribution in [2.24, 2.45) is 0 Å². The van der Waals surface area contributed by atoms with E-state index in [0.29, 0.717) is 13.2 Å². The first-order chi connectivity index (χ1) is 39.2. The summed E-state index contributed by atoms with van der Waals surface area (Å²) < 4.78 is 77.6. The van der Waals surface area contributed by atoms with Gasteiger partial charge in [-0.05, 0) is 44.5 Å². The van der Waals surface area contributed by atoms with E-state index in [1.54, 1.807) is 0 Å². The molecule has 8 aromatic rings. The molecule has 2 aliphatic heterocycles. The van der Waals surface area contributed by atoms with Gasteiger partial charge in [-0.15, -0.1) is 0 Å². The molecule has 8 aromatic carbocycles. The van der Waals surface area contributed by atoms with Crippen molar-refractivity contribution in [2.45, 2.75) is 114 Å². The van der Waals surface area contributed by atoms with Crippen molar-refractivity contribution < 1.29 is 52.1 Å². The summed E-state index contributed by atoms with van der Waals surface area (Å²) in [6, 6.07) is 80.6. The number of benzene rings is 8. The van der Waals surface area contributed by atoms with E-state index in [1.165, 1.54) is 0 Å². The zero-order chi connectivity index (χ0) is 53.5. The highest BCUT2D eigenvalue weighted by molar-refractivity contribution is 5.20. The van der Waals surface area contributed by atoms with Gasteiger partial charge >= 0.3 is 0 Å². The van der Waals surface area contributed by atoms with Gasteiger partial charge in [-0.2, -0.15) is 0 Å². The van der Waals surface area contributed by atoms with E-state index in [4.69, 9.17) is 52.1 Å². The molecular weight excluding hydrogens is 993 g/mol. The maximum absolute atomic E-state index is 7.43. The Balaban J connectivity index is 1.04. The second-order valence-corrected chi connectivity index (χ2v) is 19.8. The number of hydrogen-bond donors (Lipinski definition) is 0. The van der Waals surface area contributed by atoms with Crippen molar-refractivity contribution in [3.63, 3.8) is 0 Å². The second-order valence-electron chi connectivity index (χ2n) is 19.8. The van der Waals surface area contributed by atoms with Crippen molar-refractivity contribution in [2.75, 3.05) is 13.2 Å². The van der Waals surface area contributed by atoms with Gasteiger partial charge in [-0.3, -0.25) is 0 Å². The Morgan fingerprint density at radius 2 is 0.430 bits per heavy atom. The molecule has 2 fully saturated rings. The number of hydrogen-bond acceptors (Lipinski definition) is 11. The summed E-state index contributed by atoms with van der Waals surface area (Å²) >= 11 is 0. The van der Waals surface area contributed by atoms with Gasteiger partial charge in [0.15, 0.2) is 12.6 Å². The van der Waals surface area contributed by atoms with Crippen molar-refractivity contribution in [1.29, 1.82) is 0 Å². The molecule has 11 nitrogen and oxygen atoms in total. The van der Waals surface area contributed by atoms with Crippen LogP contribution in [-0.2, 0) is 105 Å². The van der Waals surface area contributed by atoms with Crippen LogP contribution in [0.25, 0.3) is 0 Å². The Hall–Kier alpha value is -6.68. The molecule has 6 unspecified atom stereocenters. The number of ether oxygens (including phenoxy) is 11. The fourth-order valence-corrected chi connectivity index (χ4v) is 9.85. The molecule has 0 radical (unpaired) electrons. The van der Waals surface area contributed by atoms with Gasteiger partial charge in [0.1, 0.15) is 48.8 Å². The minimum Gasteiger partial charge on any atom is -0.374 e. The van der Waals surface area contributed by atoms with Crippen molar-refractivity contribution in [3.05, 3.63) is 287 Å². The monoisotopic (exact) mass is 1060 g/mol. The Bertz CT molecular complexity index is 2690. The molecule has 0 spiro atoms. The Labute approximate surface area is 464 Å². The van der Waals surface area contributed by atoms with E-state index >= 15 is 0 Å². The minimum absolute atomic E-state index is 0.137. The third kappa shape index (κ3) is 16.7. The average molecular weight is 1060 g/mol. The van der Waals surface area contributed by atoms with E-state index in [-0.39, 0.29) is 52.9 Å². The van der Waals surface area contributed by atoms with Gasteiger partial charge in [0.25, 0.3) is 0 Å². The van der Waals surface area contributed by atoms with Crippen molar-refractivity contribution >= 4 is 0 Å². The summed E-state index contributed by atoms with van der Waals surface area (Å²) in [6.45, 7) is 2.47. The molecule has 0 aromatic heterocycles. The molecule has 10 rings (SSSR count). The fourth-order valence-electron chi connectivity index (χ4n) is 9.85. The van der Waals surface area contributed by atoms with Crippen LogP contribution in [0.2, 0.25) is 0 Å². The van der Waals surface area contributed by atoms with Crippen molar-refractivity contribution in [3.8, 4) is 0 Å². The van der Waals surface area contributed by atoms with E-state index < -0.39 is 61.4 Å². The predicted molar refractivity (Wildman–Crippen MR) is 301 cm³/mol. The maximum atomic E-state index is 7.43. The average Bonchev–Trinajstić information content (AvgIpc) is 3.56. The fraction of sp³-hybridized carbons (Fsp3) is 0.294. The third-order valence-corrected chi connectivity index (χ3v) is 13.9. The summed E-state index contributed by atoms with van der Waals surface area (Å²) in [7, 11) is 0. The maximum Gasteiger partial charge on any atom is 0.190 e. The van der Waals surface area contributed by atoms with E-state index in [2.05, 4.69) is 0 Å². The third-order valence-electron chi connectivity index (χ3n) is 13.9. The smallest absolute Gasteiger partial charge is 0.190 e. The van der Waals surface area contributed by atoms with E-state index in [1.807, 2.05) is 243 Å². The highest BCUT2D eigenvalue weighted by Gasteiger charge is 2.54. The van der Waals surface area contributed by atoms with Gasteiger partial charge in [-0.25, -0.2) is 0 Å². The molecule has 408 valence electrons. The molecule has 10 atom stereocenters.